The molecular weight excluding hydrogens is 274 g/mol. The Balaban J connectivity index is 1.81. The second kappa shape index (κ2) is 6.05. The molecule has 4 nitrogen and oxygen atoms in total. The summed E-state index contributed by atoms with van der Waals surface area (Å²) in [6.45, 7) is 4.45. The molecule has 1 aliphatic rings. The Morgan fingerprint density at radius 2 is 2.09 bits per heavy atom. The van der Waals surface area contributed by atoms with E-state index < -0.39 is 5.60 Å². The zero-order valence-corrected chi connectivity index (χ0v) is 13.3. The van der Waals surface area contributed by atoms with Gasteiger partial charge in [0, 0.05) is 18.3 Å². The summed E-state index contributed by atoms with van der Waals surface area (Å²) >= 11 is 0. The third-order valence-corrected chi connectivity index (χ3v) is 4.37. The second-order valence-electron chi connectivity index (χ2n) is 6.04. The third-order valence-electron chi connectivity index (χ3n) is 4.37. The van der Waals surface area contributed by atoms with Crippen LogP contribution in [0.15, 0.2) is 30.3 Å². The van der Waals surface area contributed by atoms with Gasteiger partial charge in [0.25, 0.3) is 0 Å². The zero-order valence-electron chi connectivity index (χ0n) is 13.3. The van der Waals surface area contributed by atoms with Crippen LogP contribution in [0.3, 0.4) is 0 Å². The minimum atomic E-state index is -0.819. The van der Waals surface area contributed by atoms with Crippen molar-refractivity contribution in [2.45, 2.75) is 45.1 Å². The summed E-state index contributed by atoms with van der Waals surface area (Å²) in [6, 6.07) is 10.2. The first-order chi connectivity index (χ1) is 10.6. The van der Waals surface area contributed by atoms with E-state index in [9.17, 15) is 5.11 Å². The molecule has 1 aromatic carbocycles. The summed E-state index contributed by atoms with van der Waals surface area (Å²) in [7, 11) is 0. The van der Waals surface area contributed by atoms with Crippen molar-refractivity contribution < 1.29 is 5.11 Å². The zero-order chi connectivity index (χ0) is 15.6. The number of aryl methyl sites for hydroxylation is 3. The van der Waals surface area contributed by atoms with Crippen molar-refractivity contribution in [2.75, 3.05) is 11.9 Å². The molecule has 1 atom stereocenters. The van der Waals surface area contributed by atoms with Crippen LogP contribution in [0.25, 0.3) is 0 Å². The first-order valence-electron chi connectivity index (χ1n) is 8.00. The van der Waals surface area contributed by atoms with Gasteiger partial charge < -0.3 is 10.4 Å². The first kappa shape index (κ1) is 15.0. The number of aliphatic hydroxyl groups is 1. The van der Waals surface area contributed by atoms with Crippen molar-refractivity contribution in [3.8, 4) is 0 Å². The van der Waals surface area contributed by atoms with Crippen LogP contribution < -0.4 is 5.32 Å². The lowest BCUT2D eigenvalue weighted by Gasteiger charge is -2.34. The molecule has 0 saturated heterocycles. The van der Waals surface area contributed by atoms with E-state index in [2.05, 4.69) is 28.3 Å². The van der Waals surface area contributed by atoms with E-state index in [1.54, 1.807) is 0 Å². The largest absolute Gasteiger partial charge is 0.383 e. The Kier molecular flexibility index (Phi) is 4.12. The van der Waals surface area contributed by atoms with E-state index in [0.29, 0.717) is 6.54 Å². The van der Waals surface area contributed by atoms with Crippen LogP contribution in [-0.4, -0.2) is 21.6 Å². The molecule has 1 aliphatic carbocycles. The summed E-state index contributed by atoms with van der Waals surface area (Å²) < 4.78 is 0. The van der Waals surface area contributed by atoms with Gasteiger partial charge in [0.15, 0.2) is 0 Å². The second-order valence-corrected chi connectivity index (χ2v) is 6.04. The van der Waals surface area contributed by atoms with Crippen LogP contribution in [0.2, 0.25) is 0 Å². The maximum absolute atomic E-state index is 11.1. The molecule has 1 unspecified atom stereocenters. The predicted molar refractivity (Wildman–Crippen MR) is 87.9 cm³/mol. The molecule has 4 heteroatoms. The van der Waals surface area contributed by atoms with Crippen LogP contribution in [0.5, 0.6) is 0 Å². The Labute approximate surface area is 131 Å². The minimum absolute atomic E-state index is 0.476. The number of aromatic nitrogens is 2. The fourth-order valence-electron chi connectivity index (χ4n) is 3.22. The molecule has 2 N–H and O–H groups in total. The van der Waals surface area contributed by atoms with Crippen LogP contribution in [-0.2, 0) is 18.4 Å². The normalized spacial score (nSPS) is 20.5. The van der Waals surface area contributed by atoms with Gasteiger partial charge in [0.05, 0.1) is 0 Å². The molecular formula is C18H23N3O. The Morgan fingerprint density at radius 3 is 2.91 bits per heavy atom. The quantitative estimate of drug-likeness (QED) is 0.911. The topological polar surface area (TPSA) is 58.0 Å². The van der Waals surface area contributed by atoms with Gasteiger partial charge in [-0.1, -0.05) is 31.2 Å². The van der Waals surface area contributed by atoms with Gasteiger partial charge >= 0.3 is 0 Å². The lowest BCUT2D eigenvalue weighted by molar-refractivity contribution is 0.0322. The predicted octanol–water partition coefficient (Wildman–Crippen LogP) is 2.98. The van der Waals surface area contributed by atoms with Crippen LogP contribution >= 0.6 is 0 Å². The molecule has 116 valence electrons. The first-order valence-corrected chi connectivity index (χ1v) is 8.00. The van der Waals surface area contributed by atoms with Crippen molar-refractivity contribution >= 4 is 5.82 Å². The summed E-state index contributed by atoms with van der Waals surface area (Å²) in [5, 5.41) is 14.4. The molecule has 1 heterocycles. The average Bonchev–Trinajstić information content (AvgIpc) is 2.53. The highest BCUT2D eigenvalue weighted by molar-refractivity contribution is 5.40. The average molecular weight is 297 g/mol. The van der Waals surface area contributed by atoms with Gasteiger partial charge in [-0.05, 0) is 43.7 Å². The molecule has 1 aromatic heterocycles. The molecule has 0 saturated carbocycles. The summed E-state index contributed by atoms with van der Waals surface area (Å²) in [6.07, 6.45) is 3.72. The van der Waals surface area contributed by atoms with Crippen molar-refractivity contribution in [3.05, 3.63) is 53.0 Å². The van der Waals surface area contributed by atoms with E-state index >= 15 is 0 Å². The molecule has 0 radical (unpaired) electrons. The minimum Gasteiger partial charge on any atom is -0.383 e. The number of nitrogens with zero attached hydrogens (tertiary/aromatic N) is 2. The van der Waals surface area contributed by atoms with Crippen molar-refractivity contribution in [1.29, 1.82) is 0 Å². The number of rotatable bonds is 4. The van der Waals surface area contributed by atoms with E-state index in [1.807, 2.05) is 31.2 Å². The molecule has 0 fully saturated rings. The maximum atomic E-state index is 11.1. The summed E-state index contributed by atoms with van der Waals surface area (Å²) in [4.78, 5) is 8.81. The molecule has 0 bridgehead atoms. The van der Waals surface area contributed by atoms with Crippen LogP contribution in [0.1, 0.15) is 42.4 Å². The standard InChI is InChI=1S/C18H23N3O/c1-3-15-11-17(21-13(2)20-15)19-12-18(22)10-6-8-14-7-4-5-9-16(14)18/h4-5,7,9,11,22H,3,6,8,10,12H2,1-2H3,(H,19,20,21). The monoisotopic (exact) mass is 297 g/mol. The molecule has 3 rings (SSSR count). The number of benzene rings is 1. The molecule has 22 heavy (non-hydrogen) atoms. The number of anilines is 1. The number of hydrogen-bond acceptors (Lipinski definition) is 4. The van der Waals surface area contributed by atoms with Crippen molar-refractivity contribution in [2.24, 2.45) is 0 Å². The summed E-state index contributed by atoms with van der Waals surface area (Å²) in [5.74, 6) is 1.55. The molecule has 0 amide bonds. The van der Waals surface area contributed by atoms with Gasteiger partial charge in [0.1, 0.15) is 17.2 Å². The smallest absolute Gasteiger partial charge is 0.130 e. The van der Waals surface area contributed by atoms with Crippen LogP contribution in [0.4, 0.5) is 5.82 Å². The number of fused-ring (bicyclic) bond motifs is 1. The third kappa shape index (κ3) is 2.97. The van der Waals surface area contributed by atoms with E-state index in [1.165, 1.54) is 5.56 Å². The number of nitrogens with one attached hydrogen (secondary N) is 1. The van der Waals surface area contributed by atoms with E-state index in [4.69, 9.17) is 0 Å². The van der Waals surface area contributed by atoms with E-state index in [0.717, 1.165) is 48.6 Å². The SMILES string of the molecule is CCc1cc(NCC2(O)CCCc3ccccc32)nc(C)n1. The van der Waals surface area contributed by atoms with Gasteiger partial charge in [-0.15, -0.1) is 0 Å². The lowest BCUT2D eigenvalue weighted by atomic mass is 9.79. The highest BCUT2D eigenvalue weighted by Gasteiger charge is 2.33. The Morgan fingerprint density at radius 1 is 1.27 bits per heavy atom. The molecule has 2 aromatic rings. The van der Waals surface area contributed by atoms with Gasteiger partial charge in [0.2, 0.25) is 0 Å². The number of hydrogen-bond donors (Lipinski definition) is 2. The highest BCUT2D eigenvalue weighted by Crippen LogP contribution is 2.35. The highest BCUT2D eigenvalue weighted by atomic mass is 16.3. The molecule has 0 spiro atoms. The molecule has 0 aliphatic heterocycles. The summed E-state index contributed by atoms with van der Waals surface area (Å²) in [5.41, 5.74) is 2.51. The Bertz CT molecular complexity index is 671. The maximum Gasteiger partial charge on any atom is 0.130 e. The fourth-order valence-corrected chi connectivity index (χ4v) is 3.22. The Hall–Kier alpha value is -1.94. The van der Waals surface area contributed by atoms with Crippen LogP contribution in [0, 0.1) is 6.92 Å². The van der Waals surface area contributed by atoms with Crippen molar-refractivity contribution in [1.82, 2.24) is 9.97 Å². The van der Waals surface area contributed by atoms with E-state index in [-0.39, 0.29) is 0 Å². The van der Waals surface area contributed by atoms with Gasteiger partial charge in [-0.25, -0.2) is 9.97 Å². The lowest BCUT2D eigenvalue weighted by Crippen LogP contribution is -2.37. The van der Waals surface area contributed by atoms with Crippen molar-refractivity contribution in [3.63, 3.8) is 0 Å². The van der Waals surface area contributed by atoms with Gasteiger partial charge in [-0.3, -0.25) is 0 Å². The fraction of sp³-hybridized carbons (Fsp3) is 0.444. The van der Waals surface area contributed by atoms with Gasteiger partial charge in [-0.2, -0.15) is 0 Å².